The third-order valence-electron chi connectivity index (χ3n) is 2.68. The lowest BCUT2D eigenvalue weighted by Gasteiger charge is -2.07. The van der Waals surface area contributed by atoms with Crippen molar-refractivity contribution >= 4 is 21.4 Å². The van der Waals surface area contributed by atoms with E-state index in [9.17, 15) is 8.42 Å². The van der Waals surface area contributed by atoms with Crippen LogP contribution in [0.5, 0.6) is 0 Å². The van der Waals surface area contributed by atoms with Crippen LogP contribution in [-0.2, 0) is 9.84 Å². The standard InChI is InChI=1S/C10H12ClNO2S/c11-8-1-2-10-9(5-8)7(3-4-12)6-15(10,13)14/h1-2,5,7H,3-4,6,12H2. The van der Waals surface area contributed by atoms with E-state index in [1.54, 1.807) is 18.2 Å². The van der Waals surface area contributed by atoms with Gasteiger partial charge in [-0.25, -0.2) is 8.42 Å². The number of nitrogens with two attached hydrogens (primary N) is 1. The van der Waals surface area contributed by atoms with Crippen LogP contribution < -0.4 is 5.73 Å². The van der Waals surface area contributed by atoms with Crippen LogP contribution in [0.25, 0.3) is 0 Å². The van der Waals surface area contributed by atoms with Gasteiger partial charge in [0.15, 0.2) is 9.84 Å². The number of benzene rings is 1. The van der Waals surface area contributed by atoms with Crippen molar-refractivity contribution in [1.82, 2.24) is 0 Å². The molecule has 0 fully saturated rings. The van der Waals surface area contributed by atoms with Gasteiger partial charge in [0, 0.05) is 10.9 Å². The third kappa shape index (κ3) is 1.89. The van der Waals surface area contributed by atoms with Gasteiger partial charge in [0.05, 0.1) is 10.6 Å². The van der Waals surface area contributed by atoms with Gasteiger partial charge >= 0.3 is 0 Å². The fraction of sp³-hybridized carbons (Fsp3) is 0.400. The summed E-state index contributed by atoms with van der Waals surface area (Å²) in [4.78, 5) is 0.422. The predicted octanol–water partition coefficient (Wildman–Crippen LogP) is 1.56. The fourth-order valence-electron chi connectivity index (χ4n) is 2.01. The molecule has 0 amide bonds. The van der Waals surface area contributed by atoms with Crippen molar-refractivity contribution in [2.75, 3.05) is 12.3 Å². The number of sulfone groups is 1. The predicted molar refractivity (Wildman–Crippen MR) is 59.9 cm³/mol. The van der Waals surface area contributed by atoms with Gasteiger partial charge < -0.3 is 5.73 Å². The van der Waals surface area contributed by atoms with Crippen LogP contribution in [0.3, 0.4) is 0 Å². The first kappa shape index (κ1) is 10.9. The first-order valence-corrected chi connectivity index (χ1v) is 6.80. The van der Waals surface area contributed by atoms with Crippen molar-refractivity contribution in [3.05, 3.63) is 28.8 Å². The summed E-state index contributed by atoms with van der Waals surface area (Å²) in [5.74, 6) is 0.175. The van der Waals surface area contributed by atoms with Gasteiger partial charge in [0.25, 0.3) is 0 Å². The molecule has 1 unspecified atom stereocenters. The Bertz CT molecular complexity index is 484. The molecule has 0 saturated heterocycles. The molecule has 2 rings (SSSR count). The lowest BCUT2D eigenvalue weighted by molar-refractivity contribution is 0.595. The molecule has 0 bridgehead atoms. The second-order valence-corrected chi connectivity index (χ2v) is 6.18. The summed E-state index contributed by atoms with van der Waals surface area (Å²) in [6.45, 7) is 0.492. The number of fused-ring (bicyclic) bond motifs is 1. The maximum absolute atomic E-state index is 11.8. The molecular weight excluding hydrogens is 234 g/mol. The van der Waals surface area contributed by atoms with Gasteiger partial charge in [-0.15, -0.1) is 0 Å². The van der Waals surface area contributed by atoms with Crippen molar-refractivity contribution in [1.29, 1.82) is 0 Å². The van der Waals surface area contributed by atoms with Gasteiger partial charge in [-0.3, -0.25) is 0 Å². The van der Waals surface area contributed by atoms with Gasteiger partial charge in [0.1, 0.15) is 0 Å². The molecule has 0 spiro atoms. The van der Waals surface area contributed by atoms with Crippen LogP contribution in [0.15, 0.2) is 23.1 Å². The summed E-state index contributed by atoms with van der Waals surface area (Å²) in [5, 5.41) is 0.577. The Balaban J connectivity index is 2.53. The van der Waals surface area contributed by atoms with E-state index in [2.05, 4.69) is 0 Å². The Morgan fingerprint density at radius 2 is 2.20 bits per heavy atom. The van der Waals surface area contributed by atoms with Crippen LogP contribution >= 0.6 is 11.6 Å². The fourth-order valence-corrected chi connectivity index (χ4v) is 4.10. The summed E-state index contributed by atoms with van der Waals surface area (Å²) >= 11 is 5.86. The van der Waals surface area contributed by atoms with E-state index in [0.29, 0.717) is 22.9 Å². The highest BCUT2D eigenvalue weighted by Crippen LogP contribution is 2.37. The Hall–Kier alpha value is -0.580. The third-order valence-corrected chi connectivity index (χ3v) is 4.80. The van der Waals surface area contributed by atoms with Crippen LogP contribution in [-0.4, -0.2) is 20.7 Å². The largest absolute Gasteiger partial charge is 0.330 e. The van der Waals surface area contributed by atoms with Crippen LogP contribution in [0, 0.1) is 0 Å². The van der Waals surface area contributed by atoms with E-state index in [1.165, 1.54) is 0 Å². The highest BCUT2D eigenvalue weighted by atomic mass is 35.5. The minimum atomic E-state index is -3.11. The van der Waals surface area contributed by atoms with E-state index >= 15 is 0 Å². The zero-order valence-corrected chi connectivity index (χ0v) is 9.68. The Labute approximate surface area is 94.2 Å². The minimum absolute atomic E-state index is 0.00806. The summed E-state index contributed by atoms with van der Waals surface area (Å²) in [6, 6.07) is 4.94. The first-order chi connectivity index (χ1) is 7.04. The molecule has 1 aromatic rings. The van der Waals surface area contributed by atoms with Crippen molar-refractivity contribution in [2.24, 2.45) is 5.73 Å². The van der Waals surface area contributed by atoms with Crippen molar-refractivity contribution in [3.8, 4) is 0 Å². The maximum Gasteiger partial charge on any atom is 0.179 e. The lowest BCUT2D eigenvalue weighted by atomic mass is 9.98. The molecule has 15 heavy (non-hydrogen) atoms. The molecule has 5 heteroatoms. The van der Waals surface area contributed by atoms with Crippen molar-refractivity contribution in [2.45, 2.75) is 17.2 Å². The number of halogens is 1. The molecule has 0 radical (unpaired) electrons. The topological polar surface area (TPSA) is 60.2 Å². The van der Waals surface area contributed by atoms with Crippen molar-refractivity contribution in [3.63, 3.8) is 0 Å². The van der Waals surface area contributed by atoms with E-state index in [0.717, 1.165) is 5.56 Å². The Morgan fingerprint density at radius 3 is 2.87 bits per heavy atom. The molecule has 1 aliphatic rings. The molecule has 1 heterocycles. The summed E-state index contributed by atoms with van der Waals surface area (Å²) in [7, 11) is -3.11. The molecule has 3 nitrogen and oxygen atoms in total. The summed E-state index contributed by atoms with van der Waals surface area (Å²) in [6.07, 6.45) is 0.687. The lowest BCUT2D eigenvalue weighted by Crippen LogP contribution is -2.09. The minimum Gasteiger partial charge on any atom is -0.330 e. The maximum atomic E-state index is 11.8. The smallest absolute Gasteiger partial charge is 0.179 e. The molecule has 0 saturated carbocycles. The zero-order valence-electron chi connectivity index (χ0n) is 8.11. The Kier molecular flexibility index (Phi) is 2.75. The normalized spacial score (nSPS) is 22.7. The van der Waals surface area contributed by atoms with E-state index in [1.807, 2.05) is 0 Å². The SMILES string of the molecule is NCCC1CS(=O)(=O)c2ccc(Cl)cc21. The summed E-state index contributed by atoms with van der Waals surface area (Å²) in [5.41, 5.74) is 6.29. The summed E-state index contributed by atoms with van der Waals surface area (Å²) < 4.78 is 23.5. The van der Waals surface area contributed by atoms with E-state index < -0.39 is 9.84 Å². The number of hydrogen-bond donors (Lipinski definition) is 1. The van der Waals surface area contributed by atoms with Crippen LogP contribution in [0.4, 0.5) is 0 Å². The molecule has 1 aliphatic heterocycles. The quantitative estimate of drug-likeness (QED) is 0.860. The number of rotatable bonds is 2. The molecule has 1 atom stereocenters. The first-order valence-electron chi connectivity index (χ1n) is 4.77. The molecule has 0 aromatic heterocycles. The average molecular weight is 246 g/mol. The highest BCUT2D eigenvalue weighted by Gasteiger charge is 2.33. The molecule has 82 valence electrons. The van der Waals surface area contributed by atoms with Crippen LogP contribution in [0.2, 0.25) is 5.02 Å². The molecule has 2 N–H and O–H groups in total. The second-order valence-electron chi connectivity index (χ2n) is 3.74. The average Bonchev–Trinajstić information content (AvgIpc) is 2.39. The monoisotopic (exact) mass is 245 g/mol. The van der Waals surface area contributed by atoms with Gasteiger partial charge in [-0.2, -0.15) is 0 Å². The highest BCUT2D eigenvalue weighted by molar-refractivity contribution is 7.91. The molecule has 1 aromatic carbocycles. The van der Waals surface area contributed by atoms with Gasteiger partial charge in [0.2, 0.25) is 0 Å². The Morgan fingerprint density at radius 1 is 1.47 bits per heavy atom. The van der Waals surface area contributed by atoms with Gasteiger partial charge in [-0.05, 0) is 36.7 Å². The number of hydrogen-bond acceptors (Lipinski definition) is 3. The van der Waals surface area contributed by atoms with E-state index in [-0.39, 0.29) is 11.7 Å². The molecular formula is C10H12ClNO2S. The van der Waals surface area contributed by atoms with E-state index in [4.69, 9.17) is 17.3 Å². The zero-order chi connectivity index (χ0) is 11.1. The van der Waals surface area contributed by atoms with Gasteiger partial charge in [-0.1, -0.05) is 11.6 Å². The molecule has 0 aliphatic carbocycles. The van der Waals surface area contributed by atoms with Crippen LogP contribution in [0.1, 0.15) is 17.9 Å². The van der Waals surface area contributed by atoms with Crippen molar-refractivity contribution < 1.29 is 8.42 Å². The second kappa shape index (κ2) is 3.77.